The highest BCUT2D eigenvalue weighted by Gasteiger charge is 2.14. The summed E-state index contributed by atoms with van der Waals surface area (Å²) in [5.41, 5.74) is 1.75. The second-order valence-electron chi connectivity index (χ2n) is 3.93. The third-order valence-corrected chi connectivity index (χ3v) is 3.41. The van der Waals surface area contributed by atoms with Gasteiger partial charge in [0.1, 0.15) is 6.34 Å². The van der Waals surface area contributed by atoms with Crippen LogP contribution in [0.5, 0.6) is 0 Å². The molecule has 0 saturated heterocycles. The molecule has 4 nitrogen and oxygen atoms in total. The summed E-state index contributed by atoms with van der Waals surface area (Å²) >= 11 is 0. The quantitative estimate of drug-likeness (QED) is 0.595. The number of rotatable bonds is 3. The van der Waals surface area contributed by atoms with Gasteiger partial charge < -0.3 is 4.90 Å². The lowest BCUT2D eigenvalue weighted by molar-refractivity contribution is 0.594. The lowest BCUT2D eigenvalue weighted by atomic mass is 10.2. The van der Waals surface area contributed by atoms with Gasteiger partial charge in [0.25, 0.3) is 10.0 Å². The van der Waals surface area contributed by atoms with E-state index in [9.17, 15) is 8.42 Å². The Morgan fingerprint density at radius 3 is 2.38 bits per heavy atom. The maximum atomic E-state index is 11.8. The van der Waals surface area contributed by atoms with Crippen LogP contribution in [0.4, 0.5) is 0 Å². The summed E-state index contributed by atoms with van der Waals surface area (Å²) in [4.78, 5) is 1.84. The number of aryl methyl sites for hydroxylation is 2. The SMILES string of the molecule is Cc1ccc(S(=O)(=O)/N=C/N(C)C)c(C)c1. The number of benzene rings is 1. The van der Waals surface area contributed by atoms with Crippen LogP contribution < -0.4 is 0 Å². The summed E-state index contributed by atoms with van der Waals surface area (Å²) in [6, 6.07) is 5.19. The monoisotopic (exact) mass is 240 g/mol. The normalized spacial score (nSPS) is 12.0. The highest BCUT2D eigenvalue weighted by Crippen LogP contribution is 2.18. The molecule has 0 bridgehead atoms. The number of hydrogen-bond acceptors (Lipinski definition) is 2. The van der Waals surface area contributed by atoms with Crippen molar-refractivity contribution in [3.8, 4) is 0 Å². The minimum absolute atomic E-state index is 0.260. The van der Waals surface area contributed by atoms with E-state index in [0.717, 1.165) is 11.1 Å². The lowest BCUT2D eigenvalue weighted by Gasteiger charge is -2.06. The van der Waals surface area contributed by atoms with Gasteiger partial charge in [-0.2, -0.15) is 8.42 Å². The molecule has 0 aliphatic carbocycles. The Labute approximate surface area is 96.7 Å². The number of sulfonamides is 1. The van der Waals surface area contributed by atoms with Gasteiger partial charge in [0.15, 0.2) is 0 Å². The molecule has 1 rings (SSSR count). The van der Waals surface area contributed by atoms with E-state index in [1.807, 2.05) is 13.0 Å². The molecular weight excluding hydrogens is 224 g/mol. The van der Waals surface area contributed by atoms with Crippen LogP contribution in [0, 0.1) is 13.8 Å². The third-order valence-electron chi connectivity index (χ3n) is 2.03. The van der Waals surface area contributed by atoms with Crippen LogP contribution >= 0.6 is 0 Å². The minimum Gasteiger partial charge on any atom is -0.368 e. The Bertz CT molecular complexity index is 505. The zero-order valence-corrected chi connectivity index (χ0v) is 10.7. The Hall–Kier alpha value is -1.36. The number of nitrogens with zero attached hydrogens (tertiary/aromatic N) is 2. The summed E-state index contributed by atoms with van der Waals surface area (Å²) in [7, 11) is -0.129. The van der Waals surface area contributed by atoms with Crippen molar-refractivity contribution in [3.63, 3.8) is 0 Å². The molecule has 0 spiro atoms. The van der Waals surface area contributed by atoms with Gasteiger partial charge in [0.05, 0.1) is 4.90 Å². The third kappa shape index (κ3) is 3.06. The molecule has 0 saturated carbocycles. The van der Waals surface area contributed by atoms with Gasteiger partial charge in [-0.25, -0.2) is 0 Å². The van der Waals surface area contributed by atoms with Crippen molar-refractivity contribution in [3.05, 3.63) is 29.3 Å². The minimum atomic E-state index is -3.57. The van der Waals surface area contributed by atoms with Gasteiger partial charge in [-0.15, -0.1) is 4.40 Å². The van der Waals surface area contributed by atoms with E-state index in [2.05, 4.69) is 4.40 Å². The predicted octanol–water partition coefficient (Wildman–Crippen LogP) is 1.58. The van der Waals surface area contributed by atoms with Crippen molar-refractivity contribution in [2.24, 2.45) is 4.40 Å². The molecule has 1 aromatic rings. The van der Waals surface area contributed by atoms with Gasteiger partial charge in [0.2, 0.25) is 0 Å². The molecule has 0 atom stereocenters. The Morgan fingerprint density at radius 1 is 1.25 bits per heavy atom. The average molecular weight is 240 g/mol. The summed E-state index contributed by atoms with van der Waals surface area (Å²) < 4.78 is 27.3. The molecule has 0 fully saturated rings. The van der Waals surface area contributed by atoms with Crippen molar-refractivity contribution in [2.45, 2.75) is 18.7 Å². The van der Waals surface area contributed by atoms with Gasteiger partial charge in [-0.05, 0) is 25.5 Å². The van der Waals surface area contributed by atoms with Crippen LogP contribution in [0.3, 0.4) is 0 Å². The van der Waals surface area contributed by atoms with Crippen LogP contribution in [0.2, 0.25) is 0 Å². The van der Waals surface area contributed by atoms with E-state index >= 15 is 0 Å². The largest absolute Gasteiger partial charge is 0.368 e. The maximum absolute atomic E-state index is 11.8. The molecule has 0 aliphatic rings. The van der Waals surface area contributed by atoms with Crippen LogP contribution in [-0.2, 0) is 10.0 Å². The van der Waals surface area contributed by atoms with Gasteiger partial charge in [-0.1, -0.05) is 17.7 Å². The van der Waals surface area contributed by atoms with Crippen molar-refractivity contribution < 1.29 is 8.42 Å². The van der Waals surface area contributed by atoms with E-state index < -0.39 is 10.0 Å². The van der Waals surface area contributed by atoms with Gasteiger partial charge in [0, 0.05) is 14.1 Å². The Kier molecular flexibility index (Phi) is 3.70. The van der Waals surface area contributed by atoms with E-state index in [-0.39, 0.29) is 4.90 Å². The lowest BCUT2D eigenvalue weighted by Crippen LogP contribution is -2.10. The van der Waals surface area contributed by atoms with Crippen LogP contribution in [0.1, 0.15) is 11.1 Å². The van der Waals surface area contributed by atoms with Crippen LogP contribution in [0.15, 0.2) is 27.5 Å². The molecule has 0 radical (unpaired) electrons. The van der Waals surface area contributed by atoms with Gasteiger partial charge in [-0.3, -0.25) is 0 Å². The Morgan fingerprint density at radius 2 is 1.88 bits per heavy atom. The Balaban J connectivity index is 3.18. The first-order chi connectivity index (χ1) is 7.33. The first-order valence-corrected chi connectivity index (χ1v) is 6.31. The highest BCUT2D eigenvalue weighted by molar-refractivity contribution is 7.90. The standard InChI is InChI=1S/C11H16N2O2S/c1-9-5-6-11(10(2)7-9)16(14,15)12-8-13(3)4/h5-8H,1-4H3/b12-8+. The average Bonchev–Trinajstić information content (AvgIpc) is 2.14. The molecule has 5 heteroatoms. The highest BCUT2D eigenvalue weighted by atomic mass is 32.2. The first-order valence-electron chi connectivity index (χ1n) is 4.87. The molecule has 1 aromatic carbocycles. The van der Waals surface area contributed by atoms with E-state index in [4.69, 9.17) is 0 Å². The molecule has 0 amide bonds. The molecule has 0 heterocycles. The van der Waals surface area contributed by atoms with Crippen LogP contribution in [0.25, 0.3) is 0 Å². The van der Waals surface area contributed by atoms with Gasteiger partial charge >= 0.3 is 0 Å². The van der Waals surface area contributed by atoms with Crippen molar-refractivity contribution in [1.29, 1.82) is 0 Å². The molecule has 0 aromatic heterocycles. The second-order valence-corrected chi connectivity index (χ2v) is 5.53. The topological polar surface area (TPSA) is 49.7 Å². The molecule has 0 aliphatic heterocycles. The zero-order chi connectivity index (χ0) is 12.3. The van der Waals surface area contributed by atoms with E-state index in [0.29, 0.717) is 0 Å². The molecular formula is C11H16N2O2S. The summed E-state index contributed by atoms with van der Waals surface area (Å²) in [5, 5.41) is 0. The van der Waals surface area contributed by atoms with E-state index in [1.165, 1.54) is 6.34 Å². The van der Waals surface area contributed by atoms with E-state index in [1.54, 1.807) is 38.1 Å². The fourth-order valence-electron chi connectivity index (χ4n) is 1.30. The molecule has 0 N–H and O–H groups in total. The predicted molar refractivity (Wildman–Crippen MR) is 65.3 cm³/mol. The van der Waals surface area contributed by atoms with Crippen LogP contribution in [-0.4, -0.2) is 33.8 Å². The number of hydrogen-bond donors (Lipinski definition) is 0. The zero-order valence-electron chi connectivity index (χ0n) is 9.93. The van der Waals surface area contributed by atoms with Crippen molar-refractivity contribution >= 4 is 16.4 Å². The second kappa shape index (κ2) is 4.65. The maximum Gasteiger partial charge on any atom is 0.283 e. The molecule has 0 unspecified atom stereocenters. The fraction of sp³-hybridized carbons (Fsp3) is 0.364. The van der Waals surface area contributed by atoms with Crippen molar-refractivity contribution in [2.75, 3.05) is 14.1 Å². The summed E-state index contributed by atoms with van der Waals surface area (Å²) in [6.07, 6.45) is 1.29. The molecule has 88 valence electrons. The fourth-order valence-corrected chi connectivity index (χ4v) is 2.43. The smallest absolute Gasteiger partial charge is 0.283 e. The molecule has 16 heavy (non-hydrogen) atoms. The summed E-state index contributed by atoms with van der Waals surface area (Å²) in [5.74, 6) is 0. The van der Waals surface area contributed by atoms with Crippen molar-refractivity contribution in [1.82, 2.24) is 4.90 Å². The first kappa shape index (κ1) is 12.7. The summed E-state index contributed by atoms with van der Waals surface area (Å²) in [6.45, 7) is 3.69.